The number of nitrogens with zero attached hydrogens (tertiary/aromatic N) is 2. The second-order valence-electron chi connectivity index (χ2n) is 6.42. The van der Waals surface area contributed by atoms with Gasteiger partial charge in [-0.1, -0.05) is 24.3 Å². The van der Waals surface area contributed by atoms with Gasteiger partial charge < -0.3 is 15.0 Å². The fraction of sp³-hybridized carbons (Fsp3) is 0.190. The third-order valence-corrected chi connectivity index (χ3v) is 6.57. The van der Waals surface area contributed by atoms with Gasteiger partial charge in [0.05, 0.1) is 12.8 Å². The molecular weight excluding hydrogens is 406 g/mol. The lowest BCUT2D eigenvalue weighted by atomic mass is 10.1. The molecule has 1 aromatic heterocycles. The molecule has 1 N–H and O–H groups in total. The molecule has 1 atom stereocenters. The van der Waals surface area contributed by atoms with Crippen molar-refractivity contribution in [2.45, 2.75) is 16.6 Å². The molecule has 0 spiro atoms. The van der Waals surface area contributed by atoms with Crippen molar-refractivity contribution in [2.75, 3.05) is 23.9 Å². The van der Waals surface area contributed by atoms with Crippen molar-refractivity contribution in [1.29, 1.82) is 0 Å². The molecule has 2 aromatic carbocycles. The Kier molecular flexibility index (Phi) is 5.82. The van der Waals surface area contributed by atoms with Crippen LogP contribution in [-0.4, -0.2) is 30.5 Å². The van der Waals surface area contributed by atoms with E-state index in [2.05, 4.69) is 10.3 Å². The number of hydrogen-bond acceptors (Lipinski definition) is 6. The molecule has 1 aliphatic rings. The molecule has 2 amide bonds. The molecule has 6 nitrogen and oxygen atoms in total. The minimum absolute atomic E-state index is 0.0402. The molecule has 8 heteroatoms. The van der Waals surface area contributed by atoms with Gasteiger partial charge in [-0.15, -0.1) is 23.1 Å². The zero-order valence-electron chi connectivity index (χ0n) is 15.7. The summed E-state index contributed by atoms with van der Waals surface area (Å²) in [4.78, 5) is 32.2. The first-order chi connectivity index (χ1) is 14.1. The summed E-state index contributed by atoms with van der Waals surface area (Å²) in [6.07, 6.45) is 1.93. The van der Waals surface area contributed by atoms with Crippen molar-refractivity contribution < 1.29 is 14.3 Å². The standard InChI is InChI=1S/C21H19N3O3S2/c1-27-15-8-6-14(7-9-15)18-12-20(26)24(16-4-2-3-5-17(16)29-18)13-19(25)23-21-22-10-11-28-21/h2-11,18H,12-13H2,1H3,(H,22,23,25). The van der Waals surface area contributed by atoms with Crippen molar-refractivity contribution in [3.05, 3.63) is 65.7 Å². The number of thioether (sulfide) groups is 1. The molecular formula is C21H19N3O3S2. The zero-order valence-corrected chi connectivity index (χ0v) is 17.3. The summed E-state index contributed by atoms with van der Waals surface area (Å²) >= 11 is 2.98. The van der Waals surface area contributed by atoms with E-state index in [9.17, 15) is 9.59 Å². The molecule has 1 aliphatic heterocycles. The minimum Gasteiger partial charge on any atom is -0.497 e. The van der Waals surface area contributed by atoms with Crippen LogP contribution in [0.3, 0.4) is 0 Å². The number of methoxy groups -OCH3 is 1. The van der Waals surface area contributed by atoms with E-state index in [0.717, 1.165) is 21.9 Å². The van der Waals surface area contributed by atoms with E-state index in [1.54, 1.807) is 35.3 Å². The maximum Gasteiger partial charge on any atom is 0.246 e. The van der Waals surface area contributed by atoms with Crippen molar-refractivity contribution >= 4 is 45.7 Å². The quantitative estimate of drug-likeness (QED) is 0.658. The Morgan fingerprint density at radius 3 is 2.76 bits per heavy atom. The van der Waals surface area contributed by atoms with E-state index in [1.165, 1.54) is 11.3 Å². The number of hydrogen-bond donors (Lipinski definition) is 1. The van der Waals surface area contributed by atoms with E-state index in [1.807, 2.05) is 48.5 Å². The van der Waals surface area contributed by atoms with Crippen LogP contribution in [0.5, 0.6) is 5.75 Å². The number of anilines is 2. The van der Waals surface area contributed by atoms with Gasteiger partial charge >= 0.3 is 0 Å². The largest absolute Gasteiger partial charge is 0.497 e. The summed E-state index contributed by atoms with van der Waals surface area (Å²) in [5.41, 5.74) is 1.81. The molecule has 0 saturated carbocycles. The normalized spacial score (nSPS) is 16.1. The molecule has 29 heavy (non-hydrogen) atoms. The number of ether oxygens (including phenoxy) is 1. The Labute approximate surface area is 176 Å². The summed E-state index contributed by atoms with van der Waals surface area (Å²) in [5, 5.41) is 5.02. The third kappa shape index (κ3) is 4.44. The molecule has 0 fully saturated rings. The Balaban J connectivity index is 1.59. The maximum atomic E-state index is 13.1. The van der Waals surface area contributed by atoms with Gasteiger partial charge in [-0.25, -0.2) is 4.98 Å². The van der Waals surface area contributed by atoms with E-state index in [-0.39, 0.29) is 23.6 Å². The average molecular weight is 426 g/mol. The van der Waals surface area contributed by atoms with Gasteiger partial charge in [0.25, 0.3) is 0 Å². The Hall–Kier alpha value is -2.84. The molecule has 1 unspecified atom stereocenters. The lowest BCUT2D eigenvalue weighted by Gasteiger charge is -2.21. The van der Waals surface area contributed by atoms with E-state index >= 15 is 0 Å². The third-order valence-electron chi connectivity index (χ3n) is 4.55. The number of nitrogens with one attached hydrogen (secondary N) is 1. The summed E-state index contributed by atoms with van der Waals surface area (Å²) in [5.74, 6) is 0.424. The van der Waals surface area contributed by atoms with Gasteiger partial charge in [0.1, 0.15) is 12.3 Å². The SMILES string of the molecule is COc1ccc(C2CC(=O)N(CC(=O)Nc3nccs3)c3ccccc3S2)cc1. The van der Waals surface area contributed by atoms with Gasteiger partial charge in [-0.2, -0.15) is 0 Å². The number of para-hydroxylation sites is 1. The number of thiazole rings is 1. The molecule has 4 rings (SSSR count). The molecule has 0 radical (unpaired) electrons. The van der Waals surface area contributed by atoms with Gasteiger partial charge in [0.15, 0.2) is 5.13 Å². The highest BCUT2D eigenvalue weighted by Gasteiger charge is 2.30. The highest BCUT2D eigenvalue weighted by molar-refractivity contribution is 7.99. The molecule has 0 aliphatic carbocycles. The van der Waals surface area contributed by atoms with Crippen LogP contribution >= 0.6 is 23.1 Å². The van der Waals surface area contributed by atoms with Crippen LogP contribution in [0.25, 0.3) is 0 Å². The van der Waals surface area contributed by atoms with Gasteiger partial charge in [-0.05, 0) is 29.8 Å². The van der Waals surface area contributed by atoms with Crippen molar-refractivity contribution in [3.63, 3.8) is 0 Å². The molecule has 148 valence electrons. The maximum absolute atomic E-state index is 13.1. The van der Waals surface area contributed by atoms with Crippen molar-refractivity contribution in [2.24, 2.45) is 0 Å². The number of rotatable bonds is 5. The topological polar surface area (TPSA) is 71.5 Å². The van der Waals surface area contributed by atoms with Crippen LogP contribution in [0.4, 0.5) is 10.8 Å². The van der Waals surface area contributed by atoms with E-state index in [0.29, 0.717) is 11.6 Å². The first-order valence-corrected chi connectivity index (χ1v) is 10.8. The van der Waals surface area contributed by atoms with Crippen molar-refractivity contribution in [3.8, 4) is 5.75 Å². The second-order valence-corrected chi connectivity index (χ2v) is 8.56. The molecule has 0 saturated heterocycles. The lowest BCUT2D eigenvalue weighted by Crippen LogP contribution is -2.38. The Morgan fingerprint density at radius 2 is 2.03 bits per heavy atom. The fourth-order valence-electron chi connectivity index (χ4n) is 3.14. The molecule has 2 heterocycles. The summed E-state index contributed by atoms with van der Waals surface area (Å²) in [6, 6.07) is 15.5. The fourth-order valence-corrected chi connectivity index (χ4v) is 4.97. The van der Waals surface area contributed by atoms with Crippen molar-refractivity contribution in [1.82, 2.24) is 4.98 Å². The zero-order chi connectivity index (χ0) is 20.2. The predicted octanol–water partition coefficient (Wildman–Crippen LogP) is 4.36. The first-order valence-electron chi connectivity index (χ1n) is 9.03. The van der Waals surface area contributed by atoms with Crippen LogP contribution in [0, 0.1) is 0 Å². The van der Waals surface area contributed by atoms with Crippen LogP contribution in [-0.2, 0) is 9.59 Å². The van der Waals surface area contributed by atoms with Gasteiger partial charge in [-0.3, -0.25) is 9.59 Å². The van der Waals surface area contributed by atoms with Gasteiger partial charge in [0, 0.05) is 28.1 Å². The Bertz CT molecular complexity index is 1010. The Morgan fingerprint density at radius 1 is 1.24 bits per heavy atom. The number of fused-ring (bicyclic) bond motifs is 1. The first kappa shape index (κ1) is 19.5. The smallest absolute Gasteiger partial charge is 0.246 e. The number of amides is 2. The van der Waals surface area contributed by atoms with Crippen LogP contribution in [0.15, 0.2) is 65.0 Å². The lowest BCUT2D eigenvalue weighted by molar-refractivity contribution is -0.121. The number of carbonyl (C=O) groups is 2. The monoisotopic (exact) mass is 425 g/mol. The van der Waals surface area contributed by atoms with Gasteiger partial charge in [0.2, 0.25) is 11.8 Å². The number of benzene rings is 2. The van der Waals surface area contributed by atoms with Crippen LogP contribution in [0.2, 0.25) is 0 Å². The minimum atomic E-state index is -0.268. The highest BCUT2D eigenvalue weighted by atomic mass is 32.2. The highest BCUT2D eigenvalue weighted by Crippen LogP contribution is 2.45. The second kappa shape index (κ2) is 8.67. The van der Waals surface area contributed by atoms with Crippen LogP contribution < -0.4 is 15.0 Å². The molecule has 0 bridgehead atoms. The number of aromatic nitrogens is 1. The van der Waals surface area contributed by atoms with Crippen LogP contribution in [0.1, 0.15) is 17.2 Å². The average Bonchev–Trinajstić information content (AvgIpc) is 3.20. The summed E-state index contributed by atoms with van der Waals surface area (Å²) < 4.78 is 5.23. The summed E-state index contributed by atoms with van der Waals surface area (Å²) in [6.45, 7) is -0.0503. The van der Waals surface area contributed by atoms with E-state index < -0.39 is 0 Å². The summed E-state index contributed by atoms with van der Waals surface area (Å²) in [7, 11) is 1.63. The molecule has 3 aromatic rings. The van der Waals surface area contributed by atoms with E-state index in [4.69, 9.17) is 4.74 Å². The number of carbonyl (C=O) groups excluding carboxylic acids is 2. The predicted molar refractivity (Wildman–Crippen MR) is 116 cm³/mol.